The lowest BCUT2D eigenvalue weighted by atomic mass is 10.0. The molecule has 0 radical (unpaired) electrons. The molecule has 1 aliphatic rings. The Hall–Kier alpha value is -1.55. The second kappa shape index (κ2) is 6.57. The van der Waals surface area contributed by atoms with Gasteiger partial charge >= 0.3 is 0 Å². The van der Waals surface area contributed by atoms with Crippen LogP contribution in [0.25, 0.3) is 0 Å². The van der Waals surface area contributed by atoms with E-state index in [2.05, 4.69) is 10.6 Å². The fraction of sp³-hybridized carbons (Fsp3) is 0.533. The van der Waals surface area contributed by atoms with E-state index >= 15 is 0 Å². The van der Waals surface area contributed by atoms with Gasteiger partial charge in [-0.25, -0.2) is 0 Å². The average Bonchev–Trinajstić information content (AvgIpc) is 2.91. The molecule has 2 N–H and O–H groups in total. The molecule has 1 heterocycles. The molecule has 1 aromatic rings. The molecule has 1 aliphatic heterocycles. The lowest BCUT2D eigenvalue weighted by Gasteiger charge is -2.12. The van der Waals surface area contributed by atoms with Crippen LogP contribution in [0.4, 0.5) is 5.69 Å². The van der Waals surface area contributed by atoms with E-state index in [1.807, 2.05) is 25.1 Å². The highest BCUT2D eigenvalue weighted by Crippen LogP contribution is 2.25. The first kappa shape index (κ1) is 13.9. The van der Waals surface area contributed by atoms with Gasteiger partial charge < -0.3 is 15.4 Å². The molecule has 0 aromatic heterocycles. The zero-order valence-electron chi connectivity index (χ0n) is 11.7. The van der Waals surface area contributed by atoms with Crippen molar-refractivity contribution in [2.75, 3.05) is 25.5 Å². The maximum atomic E-state index is 11.9. The first-order chi connectivity index (χ1) is 9.19. The van der Waals surface area contributed by atoms with E-state index in [1.54, 1.807) is 7.11 Å². The summed E-state index contributed by atoms with van der Waals surface area (Å²) in [5, 5.41) is 6.25. The van der Waals surface area contributed by atoms with Crippen molar-refractivity contribution < 1.29 is 9.53 Å². The quantitative estimate of drug-likeness (QED) is 0.856. The Morgan fingerprint density at radius 2 is 2.37 bits per heavy atom. The molecule has 0 spiro atoms. The minimum absolute atomic E-state index is 0.0639. The number of hydrogen-bond donors (Lipinski definition) is 2. The molecular weight excluding hydrogens is 240 g/mol. The molecule has 4 heteroatoms. The number of hydrogen-bond acceptors (Lipinski definition) is 3. The van der Waals surface area contributed by atoms with Crippen LogP contribution < -0.4 is 15.4 Å². The van der Waals surface area contributed by atoms with Crippen molar-refractivity contribution >= 4 is 11.6 Å². The summed E-state index contributed by atoms with van der Waals surface area (Å²) in [6.07, 6.45) is 2.71. The monoisotopic (exact) mass is 262 g/mol. The zero-order valence-corrected chi connectivity index (χ0v) is 11.7. The Morgan fingerprint density at radius 3 is 3.05 bits per heavy atom. The highest BCUT2D eigenvalue weighted by atomic mass is 16.5. The molecule has 1 fully saturated rings. The van der Waals surface area contributed by atoms with E-state index in [1.165, 1.54) is 6.42 Å². The Labute approximate surface area is 114 Å². The summed E-state index contributed by atoms with van der Waals surface area (Å²) >= 11 is 0. The van der Waals surface area contributed by atoms with Crippen LogP contribution in [0.1, 0.15) is 24.8 Å². The van der Waals surface area contributed by atoms with Crippen LogP contribution in [-0.2, 0) is 4.79 Å². The number of rotatable bonds is 5. The van der Waals surface area contributed by atoms with Crippen LogP contribution >= 0.6 is 0 Å². The minimum Gasteiger partial charge on any atom is -0.495 e. The zero-order chi connectivity index (χ0) is 13.7. The maximum Gasteiger partial charge on any atom is 0.224 e. The highest BCUT2D eigenvalue weighted by Gasteiger charge is 2.16. The number of methoxy groups -OCH3 is 1. The summed E-state index contributed by atoms with van der Waals surface area (Å²) in [6, 6.07) is 5.79. The van der Waals surface area contributed by atoms with Gasteiger partial charge in [0.1, 0.15) is 5.75 Å². The Kier molecular flexibility index (Phi) is 4.80. The predicted molar refractivity (Wildman–Crippen MR) is 76.6 cm³/mol. The number of nitrogens with one attached hydrogen (secondary N) is 2. The van der Waals surface area contributed by atoms with Gasteiger partial charge in [0.15, 0.2) is 0 Å². The molecule has 4 nitrogen and oxygen atoms in total. The van der Waals surface area contributed by atoms with Gasteiger partial charge in [-0.15, -0.1) is 0 Å². The van der Waals surface area contributed by atoms with Crippen molar-refractivity contribution in [3.63, 3.8) is 0 Å². The van der Waals surface area contributed by atoms with Gasteiger partial charge in [0, 0.05) is 6.42 Å². The molecule has 1 amide bonds. The number of ether oxygens (including phenoxy) is 1. The second-order valence-electron chi connectivity index (χ2n) is 5.15. The topological polar surface area (TPSA) is 50.4 Å². The fourth-order valence-corrected chi connectivity index (χ4v) is 2.41. The summed E-state index contributed by atoms with van der Waals surface area (Å²) < 4.78 is 5.28. The first-order valence-corrected chi connectivity index (χ1v) is 6.84. The SMILES string of the molecule is COc1cc(C)ccc1NC(=O)CCC1CCNC1. The third-order valence-corrected chi connectivity index (χ3v) is 3.57. The number of amides is 1. The fourth-order valence-electron chi connectivity index (χ4n) is 2.41. The van der Waals surface area contributed by atoms with Gasteiger partial charge in [-0.3, -0.25) is 4.79 Å². The molecule has 1 saturated heterocycles. The third-order valence-electron chi connectivity index (χ3n) is 3.57. The average molecular weight is 262 g/mol. The van der Waals surface area contributed by atoms with E-state index in [-0.39, 0.29) is 5.91 Å². The largest absolute Gasteiger partial charge is 0.495 e. The summed E-state index contributed by atoms with van der Waals surface area (Å²) in [4.78, 5) is 11.9. The van der Waals surface area contributed by atoms with Crippen LogP contribution in [0, 0.1) is 12.8 Å². The van der Waals surface area contributed by atoms with Gasteiger partial charge in [-0.1, -0.05) is 6.07 Å². The van der Waals surface area contributed by atoms with E-state index in [0.29, 0.717) is 12.3 Å². The Balaban J connectivity index is 1.87. The number of anilines is 1. The van der Waals surface area contributed by atoms with Crippen molar-refractivity contribution in [2.24, 2.45) is 5.92 Å². The van der Waals surface area contributed by atoms with E-state index < -0.39 is 0 Å². The normalized spacial score (nSPS) is 18.3. The van der Waals surface area contributed by atoms with Crippen LogP contribution in [0.2, 0.25) is 0 Å². The van der Waals surface area contributed by atoms with Crippen molar-refractivity contribution in [1.29, 1.82) is 0 Å². The van der Waals surface area contributed by atoms with Crippen molar-refractivity contribution in [2.45, 2.75) is 26.2 Å². The highest BCUT2D eigenvalue weighted by molar-refractivity contribution is 5.92. The molecule has 0 saturated carbocycles. The molecule has 0 aliphatic carbocycles. The third kappa shape index (κ3) is 3.96. The lowest BCUT2D eigenvalue weighted by molar-refractivity contribution is -0.116. The molecule has 19 heavy (non-hydrogen) atoms. The Bertz CT molecular complexity index is 440. The predicted octanol–water partition coefficient (Wildman–Crippen LogP) is 2.33. The van der Waals surface area contributed by atoms with Crippen LogP contribution in [-0.4, -0.2) is 26.1 Å². The van der Waals surface area contributed by atoms with Gasteiger partial charge in [0.05, 0.1) is 12.8 Å². The lowest BCUT2D eigenvalue weighted by Crippen LogP contribution is -2.15. The number of carbonyl (C=O) groups excluding carboxylic acids is 1. The van der Waals surface area contributed by atoms with Gasteiger partial charge in [0.2, 0.25) is 5.91 Å². The number of carbonyl (C=O) groups is 1. The van der Waals surface area contributed by atoms with E-state index in [0.717, 1.165) is 36.5 Å². The molecule has 1 unspecified atom stereocenters. The summed E-state index contributed by atoms with van der Waals surface area (Å²) in [7, 11) is 1.62. The van der Waals surface area contributed by atoms with Crippen molar-refractivity contribution in [3.8, 4) is 5.75 Å². The maximum absolute atomic E-state index is 11.9. The first-order valence-electron chi connectivity index (χ1n) is 6.84. The van der Waals surface area contributed by atoms with Crippen LogP contribution in [0.3, 0.4) is 0 Å². The summed E-state index contributed by atoms with van der Waals surface area (Å²) in [5.41, 5.74) is 1.87. The molecular formula is C15H22N2O2. The van der Waals surface area contributed by atoms with Gasteiger partial charge in [0.25, 0.3) is 0 Å². The molecule has 0 bridgehead atoms. The smallest absolute Gasteiger partial charge is 0.224 e. The second-order valence-corrected chi connectivity index (χ2v) is 5.15. The van der Waals surface area contributed by atoms with Crippen molar-refractivity contribution in [3.05, 3.63) is 23.8 Å². The van der Waals surface area contributed by atoms with E-state index in [4.69, 9.17) is 4.74 Å². The molecule has 1 aromatic carbocycles. The summed E-state index contributed by atoms with van der Waals surface area (Å²) in [5.74, 6) is 1.43. The minimum atomic E-state index is 0.0639. The van der Waals surface area contributed by atoms with Crippen molar-refractivity contribution in [1.82, 2.24) is 5.32 Å². The standard InChI is InChI=1S/C15H22N2O2/c1-11-3-5-13(14(9-11)19-2)17-15(18)6-4-12-7-8-16-10-12/h3,5,9,12,16H,4,6-8,10H2,1-2H3,(H,17,18). The molecule has 104 valence electrons. The van der Waals surface area contributed by atoms with Crippen LogP contribution in [0.15, 0.2) is 18.2 Å². The number of benzene rings is 1. The molecule has 1 atom stereocenters. The van der Waals surface area contributed by atoms with Crippen LogP contribution in [0.5, 0.6) is 5.75 Å². The number of aryl methyl sites for hydroxylation is 1. The van der Waals surface area contributed by atoms with Gasteiger partial charge in [-0.2, -0.15) is 0 Å². The van der Waals surface area contributed by atoms with Gasteiger partial charge in [-0.05, 0) is 56.5 Å². The molecule has 2 rings (SSSR count). The summed E-state index contributed by atoms with van der Waals surface area (Å²) in [6.45, 7) is 4.13. The van der Waals surface area contributed by atoms with E-state index in [9.17, 15) is 4.79 Å². The Morgan fingerprint density at radius 1 is 1.53 bits per heavy atom.